The Balaban J connectivity index is 1.16. The van der Waals surface area contributed by atoms with Crippen molar-refractivity contribution < 1.29 is 4.39 Å². The molecule has 0 atom stereocenters. The molecule has 9 rings (SSSR count). The van der Waals surface area contributed by atoms with Gasteiger partial charge in [0.15, 0.2) is 0 Å². The highest BCUT2D eigenvalue weighted by Crippen LogP contribution is 2.53. The van der Waals surface area contributed by atoms with Crippen molar-refractivity contribution in [1.29, 1.82) is 0 Å². The van der Waals surface area contributed by atoms with Crippen LogP contribution in [0.2, 0.25) is 0 Å². The third-order valence-electron chi connectivity index (χ3n) is 10.6. The van der Waals surface area contributed by atoms with E-state index in [1.807, 2.05) is 83.8 Å². The summed E-state index contributed by atoms with van der Waals surface area (Å²) in [5.74, 6) is -0.285. The third-order valence-corrected chi connectivity index (χ3v) is 11.2. The highest BCUT2D eigenvalue weighted by Gasteiger charge is 2.37. The second-order valence-corrected chi connectivity index (χ2v) is 14.9. The maximum Gasteiger partial charge on any atom is 0.148 e. The normalized spacial score (nSPS) is 12.8. The molecule has 0 bridgehead atoms. The minimum atomic E-state index is -0.285. The van der Waals surface area contributed by atoms with Crippen molar-refractivity contribution in [3.05, 3.63) is 197 Å². The zero-order valence-electron chi connectivity index (χ0n) is 28.9. The number of para-hydroxylation sites is 1. The minimum absolute atomic E-state index is 0.158. The summed E-state index contributed by atoms with van der Waals surface area (Å²) in [5.41, 5.74) is 13.3. The van der Waals surface area contributed by atoms with Gasteiger partial charge in [-0.2, -0.15) is 0 Å². The van der Waals surface area contributed by atoms with Crippen molar-refractivity contribution in [3.63, 3.8) is 0 Å². The van der Waals surface area contributed by atoms with Crippen LogP contribution in [0.3, 0.4) is 0 Å². The summed E-state index contributed by atoms with van der Waals surface area (Å²) >= 11 is 3.86. The lowest BCUT2D eigenvalue weighted by Crippen LogP contribution is -2.15. The molecule has 0 amide bonds. The Morgan fingerprint density at radius 1 is 0.462 bits per heavy atom. The van der Waals surface area contributed by atoms with Gasteiger partial charge in [-0.05, 0) is 109 Å². The van der Waals surface area contributed by atoms with E-state index < -0.39 is 0 Å². The first-order valence-corrected chi connectivity index (χ1v) is 18.4. The van der Waals surface area contributed by atoms with Crippen molar-refractivity contribution in [2.24, 2.45) is 0 Å². The summed E-state index contributed by atoms with van der Waals surface area (Å²) in [6, 6.07) is 60.3. The van der Waals surface area contributed by atoms with Gasteiger partial charge in [0.2, 0.25) is 0 Å². The molecule has 0 N–H and O–H groups in total. The Bertz CT molecular complexity index is 2600. The van der Waals surface area contributed by atoms with Crippen LogP contribution in [-0.2, 0) is 5.41 Å². The lowest BCUT2D eigenvalue weighted by atomic mass is 9.81. The molecule has 0 spiro atoms. The molecule has 0 aliphatic heterocycles. The molecule has 0 radical (unpaired) electrons. The highest BCUT2D eigenvalue weighted by molar-refractivity contribution is 9.10. The first-order valence-electron chi connectivity index (χ1n) is 17.6. The molecular formula is C49H35BrFN. The molecule has 3 heteroatoms. The van der Waals surface area contributed by atoms with Crippen LogP contribution in [0.15, 0.2) is 180 Å². The Hall–Kier alpha value is -5.77. The smallest absolute Gasteiger partial charge is 0.148 e. The molecular weight excluding hydrogens is 701 g/mol. The van der Waals surface area contributed by atoms with Crippen molar-refractivity contribution in [2.75, 3.05) is 4.90 Å². The van der Waals surface area contributed by atoms with Gasteiger partial charge >= 0.3 is 0 Å². The number of hydrogen-bond donors (Lipinski definition) is 0. The summed E-state index contributed by atoms with van der Waals surface area (Å²) in [6.07, 6.45) is 0. The fourth-order valence-corrected chi connectivity index (χ4v) is 8.54. The van der Waals surface area contributed by atoms with Gasteiger partial charge in [-0.25, -0.2) is 4.39 Å². The molecule has 1 nitrogen and oxygen atoms in total. The van der Waals surface area contributed by atoms with E-state index in [1.54, 1.807) is 6.07 Å². The molecule has 0 heterocycles. The van der Waals surface area contributed by atoms with Gasteiger partial charge in [0.05, 0.1) is 5.69 Å². The molecule has 52 heavy (non-hydrogen) atoms. The van der Waals surface area contributed by atoms with Crippen LogP contribution >= 0.6 is 15.9 Å². The molecule has 1 aliphatic rings. The van der Waals surface area contributed by atoms with E-state index in [0.717, 1.165) is 49.2 Å². The zero-order chi connectivity index (χ0) is 35.4. The minimum Gasteiger partial charge on any atom is -0.307 e. The number of halogens is 2. The lowest BCUT2D eigenvalue weighted by Gasteiger charge is -2.29. The standard InChI is InChI=1S/C49H35BrFN/c1-49(2)43-29-35(24-27-41(43)47-40-21-13-12-20-39(40)45(50)31-44(47)49)33-22-25-38(26-23-33)52(37-18-10-5-11-19-37)48-42(34-16-8-4-9-17-34)28-36(30-46(48)51)32-14-6-3-7-15-32/h3-31H,1-2H3. The van der Waals surface area contributed by atoms with Gasteiger partial charge in [0.1, 0.15) is 5.82 Å². The van der Waals surface area contributed by atoms with Crippen molar-refractivity contribution >= 4 is 43.8 Å². The van der Waals surface area contributed by atoms with Gasteiger partial charge in [-0.15, -0.1) is 0 Å². The number of benzene rings is 8. The molecule has 0 aromatic heterocycles. The predicted molar refractivity (Wildman–Crippen MR) is 220 cm³/mol. The summed E-state index contributed by atoms with van der Waals surface area (Å²) in [5, 5.41) is 2.50. The Morgan fingerprint density at radius 2 is 1.02 bits per heavy atom. The lowest BCUT2D eigenvalue weighted by molar-refractivity contribution is 0.630. The van der Waals surface area contributed by atoms with E-state index in [9.17, 15) is 0 Å². The number of fused-ring (bicyclic) bond motifs is 5. The van der Waals surface area contributed by atoms with E-state index in [4.69, 9.17) is 0 Å². The zero-order valence-corrected chi connectivity index (χ0v) is 30.5. The second-order valence-electron chi connectivity index (χ2n) is 14.0. The number of nitrogens with zero attached hydrogens (tertiary/aromatic N) is 1. The van der Waals surface area contributed by atoms with Gasteiger partial charge in [0, 0.05) is 26.8 Å². The average Bonchev–Trinajstić information content (AvgIpc) is 3.42. The highest BCUT2D eigenvalue weighted by atomic mass is 79.9. The second kappa shape index (κ2) is 12.8. The average molecular weight is 737 g/mol. The third kappa shape index (κ3) is 5.36. The molecule has 250 valence electrons. The van der Waals surface area contributed by atoms with E-state index >= 15 is 4.39 Å². The Labute approximate surface area is 312 Å². The summed E-state index contributed by atoms with van der Waals surface area (Å²) in [4.78, 5) is 2.04. The topological polar surface area (TPSA) is 3.24 Å². The fraction of sp³-hybridized carbons (Fsp3) is 0.0612. The van der Waals surface area contributed by atoms with Crippen LogP contribution in [0, 0.1) is 5.82 Å². The number of rotatable bonds is 6. The first kappa shape index (κ1) is 32.2. The molecule has 0 saturated carbocycles. The molecule has 0 unspecified atom stereocenters. The van der Waals surface area contributed by atoms with Crippen molar-refractivity contribution in [1.82, 2.24) is 0 Å². The van der Waals surface area contributed by atoms with Crippen molar-refractivity contribution in [3.8, 4) is 44.5 Å². The van der Waals surface area contributed by atoms with E-state index in [1.165, 1.54) is 33.0 Å². The van der Waals surface area contributed by atoms with Gasteiger partial charge in [-0.3, -0.25) is 0 Å². The van der Waals surface area contributed by atoms with Crippen LogP contribution in [0.5, 0.6) is 0 Å². The monoisotopic (exact) mass is 735 g/mol. The van der Waals surface area contributed by atoms with Crippen LogP contribution in [0.25, 0.3) is 55.3 Å². The summed E-state index contributed by atoms with van der Waals surface area (Å²) in [7, 11) is 0. The van der Waals surface area contributed by atoms with E-state index in [2.05, 4.69) is 121 Å². The number of hydrogen-bond acceptors (Lipinski definition) is 1. The fourth-order valence-electron chi connectivity index (χ4n) is 7.97. The van der Waals surface area contributed by atoms with E-state index in [-0.39, 0.29) is 11.2 Å². The summed E-state index contributed by atoms with van der Waals surface area (Å²) < 4.78 is 18.0. The first-order chi connectivity index (χ1) is 25.4. The molecule has 0 saturated heterocycles. The molecule has 8 aromatic carbocycles. The van der Waals surface area contributed by atoms with Crippen LogP contribution in [0.4, 0.5) is 21.5 Å². The van der Waals surface area contributed by atoms with Crippen LogP contribution in [0.1, 0.15) is 25.0 Å². The largest absolute Gasteiger partial charge is 0.307 e. The van der Waals surface area contributed by atoms with Gasteiger partial charge in [0.25, 0.3) is 0 Å². The maximum absolute atomic E-state index is 16.8. The van der Waals surface area contributed by atoms with Gasteiger partial charge < -0.3 is 4.90 Å². The predicted octanol–water partition coefficient (Wildman–Crippen LogP) is 14.5. The Morgan fingerprint density at radius 3 is 1.71 bits per heavy atom. The molecule has 8 aromatic rings. The quantitative estimate of drug-likeness (QED) is 0.164. The van der Waals surface area contributed by atoms with E-state index in [0.29, 0.717) is 5.69 Å². The molecule has 1 aliphatic carbocycles. The van der Waals surface area contributed by atoms with Crippen LogP contribution < -0.4 is 4.90 Å². The Kier molecular flexibility index (Phi) is 7.90. The summed E-state index contributed by atoms with van der Waals surface area (Å²) in [6.45, 7) is 4.65. The van der Waals surface area contributed by atoms with Crippen molar-refractivity contribution in [2.45, 2.75) is 19.3 Å². The molecule has 0 fully saturated rings. The van der Waals surface area contributed by atoms with Gasteiger partial charge in [-0.1, -0.05) is 157 Å². The van der Waals surface area contributed by atoms with Crippen LogP contribution in [-0.4, -0.2) is 0 Å². The number of anilines is 3. The maximum atomic E-state index is 16.8. The SMILES string of the molecule is CC1(C)c2cc(-c3ccc(N(c4ccccc4)c4c(F)cc(-c5ccccc5)cc4-c4ccccc4)cc3)ccc2-c2c1cc(Br)c1ccccc21.